The molecule has 0 unspecified atom stereocenters. The smallest absolute Gasteiger partial charge is 0.332 e. The van der Waals surface area contributed by atoms with Gasteiger partial charge in [0.05, 0.1) is 6.54 Å². The number of aliphatic hydroxyl groups is 1. The number of hydrogen-bond donors (Lipinski definition) is 1. The van der Waals surface area contributed by atoms with E-state index >= 15 is 0 Å². The summed E-state index contributed by atoms with van der Waals surface area (Å²) in [7, 11) is 1.56. The molecule has 4 rings (SSSR count). The molecular weight excluding hydrogens is 423 g/mol. The number of aromatic nitrogens is 4. The van der Waals surface area contributed by atoms with E-state index in [2.05, 4.69) is 16.4 Å². The molecule has 0 atom stereocenters. The molecule has 0 fully saturated rings. The van der Waals surface area contributed by atoms with Crippen LogP contribution in [-0.4, -0.2) is 30.4 Å². The van der Waals surface area contributed by atoms with Crippen molar-refractivity contribution in [1.29, 1.82) is 0 Å². The number of aliphatic hydroxyl groups excluding tert-OH is 1. The number of nitrogens with zero attached hydrogens (tertiary/aromatic N) is 4. The molecule has 0 spiro atoms. The molecule has 2 heterocycles. The quantitative estimate of drug-likeness (QED) is 0.697. The Hall–Kier alpha value is -3.15. The molecule has 0 saturated carbocycles. The van der Waals surface area contributed by atoms with E-state index in [1.54, 1.807) is 23.8 Å². The highest BCUT2D eigenvalue weighted by molar-refractivity contribution is 6.29. The summed E-state index contributed by atoms with van der Waals surface area (Å²) in [6.45, 7) is 0.152. The first kappa shape index (κ1) is 21.1. The van der Waals surface area contributed by atoms with Gasteiger partial charge in [-0.25, -0.2) is 9.78 Å². The Balaban J connectivity index is 2.01. The first-order valence-corrected chi connectivity index (χ1v) is 10.2. The second-order valence-corrected chi connectivity index (χ2v) is 7.82. The molecule has 7 nitrogen and oxygen atoms in total. The lowest BCUT2D eigenvalue weighted by Crippen LogP contribution is -2.40. The average molecular weight is 443 g/mol. The van der Waals surface area contributed by atoms with Crippen molar-refractivity contribution in [3.63, 3.8) is 0 Å². The zero-order valence-corrected chi connectivity index (χ0v) is 17.6. The van der Waals surface area contributed by atoms with Gasteiger partial charge in [0.15, 0.2) is 17.0 Å². The number of halogens is 2. The van der Waals surface area contributed by atoms with Crippen molar-refractivity contribution in [2.75, 3.05) is 6.61 Å². The highest BCUT2D eigenvalue weighted by Gasteiger charge is 2.23. The molecule has 2 aromatic heterocycles. The van der Waals surface area contributed by atoms with E-state index < -0.39 is 17.1 Å². The summed E-state index contributed by atoms with van der Waals surface area (Å²) in [5.41, 5.74) is 6.19. The summed E-state index contributed by atoms with van der Waals surface area (Å²) in [5, 5.41) is 9.88. The van der Waals surface area contributed by atoms with Gasteiger partial charge in [0.1, 0.15) is 5.82 Å². The Morgan fingerprint density at radius 1 is 1.19 bits per heavy atom. The third-order valence-electron chi connectivity index (χ3n) is 5.26. The van der Waals surface area contributed by atoms with Crippen LogP contribution in [0.5, 0.6) is 0 Å². The highest BCUT2D eigenvalue weighted by atomic mass is 35.5. The fourth-order valence-corrected chi connectivity index (χ4v) is 3.81. The van der Waals surface area contributed by atoms with Gasteiger partial charge in [-0.1, -0.05) is 23.4 Å². The minimum absolute atomic E-state index is 0.0932. The monoisotopic (exact) mass is 442 g/mol. The summed E-state index contributed by atoms with van der Waals surface area (Å²) in [6, 6.07) is 0. The van der Waals surface area contributed by atoms with Gasteiger partial charge < -0.3 is 9.67 Å². The molecule has 9 heteroatoms. The van der Waals surface area contributed by atoms with Crippen LogP contribution in [0.1, 0.15) is 25.1 Å². The normalized spacial score (nSPS) is 15.7. The summed E-state index contributed by atoms with van der Waals surface area (Å²) in [6.07, 6.45) is 8.04. The summed E-state index contributed by atoms with van der Waals surface area (Å²) in [5.74, 6) is 0.0168. The molecule has 1 N–H and O–H groups in total. The topological polar surface area (TPSA) is 82.0 Å². The molecule has 0 bridgehead atoms. The number of aryl methyl sites for hydroxylation is 1. The summed E-state index contributed by atoms with van der Waals surface area (Å²) >= 11 is 6.10. The maximum Gasteiger partial charge on any atom is 0.332 e. The van der Waals surface area contributed by atoms with Gasteiger partial charge in [-0.15, -0.1) is 0 Å². The molecular formula is C22H20ClFN4O3. The molecule has 160 valence electrons. The second kappa shape index (κ2) is 8.53. The van der Waals surface area contributed by atoms with Crippen LogP contribution in [0.25, 0.3) is 16.7 Å². The Kier molecular flexibility index (Phi) is 5.81. The number of allylic oxidation sites excluding steroid dienone is 8. The molecule has 2 aliphatic carbocycles. The largest absolute Gasteiger partial charge is 0.396 e. The van der Waals surface area contributed by atoms with Crippen LogP contribution in [-0.2, 0) is 20.1 Å². The Morgan fingerprint density at radius 2 is 2.00 bits per heavy atom. The van der Waals surface area contributed by atoms with Crippen LogP contribution in [0, 0.1) is 0 Å². The molecule has 2 aromatic rings. The van der Waals surface area contributed by atoms with Gasteiger partial charge in [0.2, 0.25) is 0 Å². The van der Waals surface area contributed by atoms with Crippen molar-refractivity contribution >= 4 is 28.3 Å². The lowest BCUT2D eigenvalue weighted by molar-refractivity contribution is 0.277. The predicted octanol–water partition coefficient (Wildman–Crippen LogP) is 2.68. The van der Waals surface area contributed by atoms with Crippen molar-refractivity contribution in [2.45, 2.75) is 32.4 Å². The van der Waals surface area contributed by atoms with Crippen LogP contribution in [0.15, 0.2) is 61.8 Å². The average Bonchev–Trinajstić information content (AvgIpc) is 3.14. The Bertz CT molecular complexity index is 1390. The molecule has 31 heavy (non-hydrogen) atoms. The number of imidazole rings is 1. The summed E-state index contributed by atoms with van der Waals surface area (Å²) in [4.78, 5) is 30.7. The highest BCUT2D eigenvalue weighted by Crippen LogP contribution is 2.30. The van der Waals surface area contributed by atoms with Crippen molar-refractivity contribution in [1.82, 2.24) is 18.7 Å². The third kappa shape index (κ3) is 3.94. The van der Waals surface area contributed by atoms with E-state index in [0.29, 0.717) is 24.2 Å². The fraction of sp³-hybridized carbons (Fsp3) is 0.318. The molecule has 0 saturated heterocycles. The van der Waals surface area contributed by atoms with E-state index in [-0.39, 0.29) is 37.3 Å². The van der Waals surface area contributed by atoms with Crippen molar-refractivity contribution in [2.24, 2.45) is 7.05 Å². The maximum atomic E-state index is 13.3. The minimum atomic E-state index is -0.525. The SMILES string of the molecule is Cn1c(=O)n(CCCO)c(=O)c2c1nc(C1=CC=C(Cl)CC1)n2CC1=C=C=C(F)C=C1. The van der Waals surface area contributed by atoms with Gasteiger partial charge in [0.25, 0.3) is 5.56 Å². The van der Waals surface area contributed by atoms with Gasteiger partial charge in [-0.2, -0.15) is 4.39 Å². The standard InChI is InChI=1S/C22H20ClFN4O3/c1-26-20-18(21(30)27(22(26)31)11-2-12-29)28(13-14-3-9-17(24)10-4-14)19(25-20)15-5-7-16(23)8-6-15/h3,5,7,9,29H,2,6,8,11-13H2,1H3. The zero-order chi connectivity index (χ0) is 22.1. The van der Waals surface area contributed by atoms with E-state index in [1.165, 1.54) is 10.6 Å². The van der Waals surface area contributed by atoms with Gasteiger partial charge in [-0.3, -0.25) is 13.9 Å². The third-order valence-corrected chi connectivity index (χ3v) is 5.57. The number of hydrogen-bond acceptors (Lipinski definition) is 4. The molecule has 0 aliphatic heterocycles. The number of fused-ring (bicyclic) bond motifs is 1. The Morgan fingerprint density at radius 3 is 2.65 bits per heavy atom. The molecule has 2 aliphatic rings. The van der Waals surface area contributed by atoms with E-state index in [9.17, 15) is 14.0 Å². The Labute approximate surface area is 181 Å². The lowest BCUT2D eigenvalue weighted by atomic mass is 10.0. The molecule has 0 radical (unpaired) electrons. The van der Waals surface area contributed by atoms with Crippen LogP contribution >= 0.6 is 11.6 Å². The van der Waals surface area contributed by atoms with E-state index in [0.717, 1.165) is 15.2 Å². The van der Waals surface area contributed by atoms with E-state index in [1.807, 2.05) is 6.08 Å². The first-order valence-electron chi connectivity index (χ1n) is 9.85. The van der Waals surface area contributed by atoms with Crippen LogP contribution < -0.4 is 11.2 Å². The van der Waals surface area contributed by atoms with Gasteiger partial charge in [-0.05, 0) is 48.8 Å². The van der Waals surface area contributed by atoms with E-state index in [4.69, 9.17) is 16.7 Å². The lowest BCUT2D eigenvalue weighted by Gasteiger charge is -2.14. The maximum absolute atomic E-state index is 13.3. The minimum Gasteiger partial charge on any atom is -0.396 e. The van der Waals surface area contributed by atoms with Crippen LogP contribution in [0.4, 0.5) is 4.39 Å². The molecule has 0 aromatic carbocycles. The zero-order valence-electron chi connectivity index (χ0n) is 16.9. The first-order chi connectivity index (χ1) is 14.9. The summed E-state index contributed by atoms with van der Waals surface area (Å²) < 4.78 is 17.5. The second-order valence-electron chi connectivity index (χ2n) is 7.33. The van der Waals surface area contributed by atoms with Crippen LogP contribution in [0.3, 0.4) is 0 Å². The van der Waals surface area contributed by atoms with Crippen molar-refractivity contribution in [3.8, 4) is 0 Å². The molecule has 0 amide bonds. The predicted molar refractivity (Wildman–Crippen MR) is 116 cm³/mol. The van der Waals surface area contributed by atoms with Crippen molar-refractivity contribution < 1.29 is 9.50 Å². The van der Waals surface area contributed by atoms with Gasteiger partial charge in [0, 0.05) is 30.8 Å². The van der Waals surface area contributed by atoms with Crippen LogP contribution in [0.2, 0.25) is 0 Å². The van der Waals surface area contributed by atoms with Gasteiger partial charge >= 0.3 is 5.69 Å². The number of rotatable bonds is 6. The van der Waals surface area contributed by atoms with Crippen molar-refractivity contribution in [3.05, 3.63) is 78.9 Å². The fourth-order valence-electron chi connectivity index (χ4n) is 3.65.